The smallest absolute Gasteiger partial charge is 0.548 e. The zero-order valence-electron chi connectivity index (χ0n) is 18.4. The maximum atomic E-state index is 13.1. The van der Waals surface area contributed by atoms with Crippen LogP contribution in [0.1, 0.15) is 25.5 Å². The molecule has 0 bridgehead atoms. The van der Waals surface area contributed by atoms with Gasteiger partial charge in [0.1, 0.15) is 17.5 Å². The molecule has 4 rings (SSSR count). The molecule has 0 unspecified atom stereocenters. The van der Waals surface area contributed by atoms with Crippen molar-refractivity contribution in [1.29, 1.82) is 0 Å². The number of aliphatic carboxylic acids is 1. The van der Waals surface area contributed by atoms with Crippen molar-refractivity contribution in [2.24, 2.45) is 0 Å². The van der Waals surface area contributed by atoms with Crippen molar-refractivity contribution in [2.45, 2.75) is 42.1 Å². The van der Waals surface area contributed by atoms with Crippen LogP contribution >= 0.6 is 11.8 Å². The summed E-state index contributed by atoms with van der Waals surface area (Å²) in [6.07, 6.45) is 0. The summed E-state index contributed by atoms with van der Waals surface area (Å²) >= 11 is 1.27. The molecule has 13 heteroatoms. The number of thioether (sulfide) groups is 1. The van der Waals surface area contributed by atoms with Gasteiger partial charge in [0.05, 0.1) is 12.0 Å². The van der Waals surface area contributed by atoms with Gasteiger partial charge in [-0.05, 0) is 19.4 Å². The van der Waals surface area contributed by atoms with E-state index in [0.717, 1.165) is 4.90 Å². The van der Waals surface area contributed by atoms with Crippen LogP contribution in [0.25, 0.3) is 0 Å². The second-order valence-electron chi connectivity index (χ2n) is 8.24. The van der Waals surface area contributed by atoms with Gasteiger partial charge in [-0.2, -0.15) is 0 Å². The number of imide groups is 1. The fourth-order valence-electron chi connectivity index (χ4n) is 4.18. The average Bonchev–Trinajstić information content (AvgIpc) is 3.29. The van der Waals surface area contributed by atoms with E-state index in [9.17, 15) is 29.1 Å². The number of rotatable bonds is 5. The summed E-state index contributed by atoms with van der Waals surface area (Å²) in [4.78, 5) is 63.9. The van der Waals surface area contributed by atoms with Crippen molar-refractivity contribution < 1.29 is 58.6 Å². The van der Waals surface area contributed by atoms with Gasteiger partial charge < -0.3 is 30.8 Å². The Morgan fingerprint density at radius 1 is 1.21 bits per heavy atom. The maximum absolute atomic E-state index is 13.1. The summed E-state index contributed by atoms with van der Waals surface area (Å²) in [5.41, 5.74) is 0.466. The number of carbonyl (C=O) groups excluding carboxylic acids is 5. The van der Waals surface area contributed by atoms with E-state index in [0.29, 0.717) is 12.1 Å². The largest absolute Gasteiger partial charge is 1.00 e. The fraction of sp³-hybridized carbons (Fsp3) is 0.450. The van der Waals surface area contributed by atoms with Gasteiger partial charge in [0.15, 0.2) is 0 Å². The van der Waals surface area contributed by atoms with Crippen LogP contribution in [0.5, 0.6) is 0 Å². The van der Waals surface area contributed by atoms with Gasteiger partial charge in [0.25, 0.3) is 0 Å². The Bertz CT molecular complexity index is 992. The van der Waals surface area contributed by atoms with Crippen LogP contribution in [0.15, 0.2) is 30.3 Å². The Kier molecular flexibility index (Phi) is 7.32. The zero-order chi connectivity index (χ0) is 23.2. The number of hydrogen-bond donors (Lipinski definition) is 3. The molecule has 3 aliphatic heterocycles. The van der Waals surface area contributed by atoms with E-state index in [1.54, 1.807) is 44.2 Å². The summed E-state index contributed by atoms with van der Waals surface area (Å²) in [6, 6.07) is 3.93. The molecular formula is C20H22N5NaO6S. The average molecular weight is 483 g/mol. The van der Waals surface area contributed by atoms with Crippen LogP contribution in [0.3, 0.4) is 0 Å². The van der Waals surface area contributed by atoms with E-state index in [1.807, 2.05) is 0 Å². The molecule has 3 fully saturated rings. The van der Waals surface area contributed by atoms with Gasteiger partial charge in [-0.1, -0.05) is 30.3 Å². The van der Waals surface area contributed by atoms with E-state index in [1.165, 1.54) is 16.7 Å². The minimum Gasteiger partial charge on any atom is -0.548 e. The molecule has 0 aromatic heterocycles. The minimum absolute atomic E-state index is 0. The molecule has 3 saturated heterocycles. The second-order valence-corrected chi connectivity index (χ2v) is 10.0. The molecular weight excluding hydrogens is 461 g/mol. The first kappa shape index (κ1) is 25.3. The predicted molar refractivity (Wildman–Crippen MR) is 111 cm³/mol. The number of carboxylic acids is 1. The van der Waals surface area contributed by atoms with Crippen LogP contribution in [-0.2, 0) is 14.4 Å². The van der Waals surface area contributed by atoms with Crippen molar-refractivity contribution >= 4 is 41.6 Å². The van der Waals surface area contributed by atoms with Gasteiger partial charge in [-0.3, -0.25) is 9.59 Å². The molecule has 0 radical (unpaired) electrons. The van der Waals surface area contributed by atoms with Gasteiger partial charge >= 0.3 is 41.6 Å². The number of carboxylic acid groups (broad SMARTS) is 1. The third-order valence-electron chi connectivity index (χ3n) is 5.73. The number of carbonyl (C=O) groups is 5. The van der Waals surface area contributed by atoms with Crippen molar-refractivity contribution in [1.82, 2.24) is 25.8 Å². The van der Waals surface area contributed by atoms with E-state index in [-0.39, 0.29) is 36.1 Å². The number of fused-ring (bicyclic) bond motifs is 1. The van der Waals surface area contributed by atoms with Crippen LogP contribution in [-0.4, -0.2) is 74.9 Å². The summed E-state index contributed by atoms with van der Waals surface area (Å²) in [5.74, 6) is -2.51. The van der Waals surface area contributed by atoms with Gasteiger partial charge in [0.2, 0.25) is 11.8 Å². The molecule has 170 valence electrons. The SMILES string of the molecule is CC1(C)S[C@H]2[C@H](NC(=O)[C@H](NC(=O)N3CCNC3=O)c3ccccc3)C(=O)N2[C@H]1C(=O)[O-].[Na+]. The van der Waals surface area contributed by atoms with E-state index < -0.39 is 58.1 Å². The molecule has 0 spiro atoms. The molecule has 3 heterocycles. The minimum atomic E-state index is -1.35. The zero-order valence-corrected chi connectivity index (χ0v) is 21.2. The van der Waals surface area contributed by atoms with E-state index >= 15 is 0 Å². The Balaban J connectivity index is 0.00000306. The van der Waals surface area contributed by atoms with Crippen molar-refractivity contribution in [3.05, 3.63) is 35.9 Å². The van der Waals surface area contributed by atoms with Crippen LogP contribution in [0.4, 0.5) is 9.59 Å². The fourth-order valence-corrected chi connectivity index (χ4v) is 5.80. The molecule has 0 aliphatic carbocycles. The molecule has 0 saturated carbocycles. The van der Waals surface area contributed by atoms with Crippen LogP contribution < -0.4 is 50.6 Å². The summed E-state index contributed by atoms with van der Waals surface area (Å²) in [5, 5.41) is 18.7. The van der Waals surface area contributed by atoms with Crippen LogP contribution in [0.2, 0.25) is 0 Å². The standard InChI is InChI=1S/C20H23N5O6S.Na/c1-20(2)13(17(28)29)25-15(27)12(16(25)32-20)22-14(26)11(10-6-4-3-5-7-10)23-19(31)24-9-8-21-18(24)30;/h3-7,11-13,16H,8-9H2,1-2H3,(H,21,30)(H,22,26)(H,23,31)(H,28,29);/q;+1/p-1/t11-,12-,13+,16+;/m1./s1. The van der Waals surface area contributed by atoms with E-state index in [4.69, 9.17) is 0 Å². The molecule has 1 aromatic rings. The Morgan fingerprint density at radius 2 is 1.88 bits per heavy atom. The topological polar surface area (TPSA) is 151 Å². The molecule has 3 N–H and O–H groups in total. The second kappa shape index (κ2) is 9.53. The number of β-lactam (4-membered cyclic amide) rings is 1. The normalized spacial score (nSPS) is 25.8. The Hall–Kier alpha value is -2.28. The van der Waals surface area contributed by atoms with Crippen LogP contribution in [0, 0.1) is 0 Å². The number of nitrogens with one attached hydrogen (secondary N) is 3. The van der Waals surface area contributed by atoms with Crippen molar-refractivity contribution in [3.63, 3.8) is 0 Å². The Morgan fingerprint density at radius 3 is 2.45 bits per heavy atom. The number of hydrogen-bond acceptors (Lipinski definition) is 7. The first-order chi connectivity index (χ1) is 15.1. The molecule has 6 amide bonds. The summed E-state index contributed by atoms with van der Waals surface area (Å²) in [7, 11) is 0. The quantitative estimate of drug-likeness (QED) is 0.284. The molecule has 1 aromatic carbocycles. The number of nitrogens with zero attached hydrogens (tertiary/aromatic N) is 2. The number of benzene rings is 1. The van der Waals surface area contributed by atoms with Gasteiger partial charge in [-0.15, -0.1) is 11.8 Å². The third kappa shape index (κ3) is 4.57. The van der Waals surface area contributed by atoms with Gasteiger partial charge in [0, 0.05) is 17.8 Å². The first-order valence-electron chi connectivity index (χ1n) is 10.0. The molecule has 4 atom stereocenters. The number of amides is 6. The maximum Gasteiger partial charge on any atom is 1.00 e. The first-order valence-corrected chi connectivity index (χ1v) is 10.9. The van der Waals surface area contributed by atoms with Gasteiger partial charge in [-0.25, -0.2) is 14.5 Å². The Labute approximate surface area is 216 Å². The van der Waals surface area contributed by atoms with E-state index in [2.05, 4.69) is 16.0 Å². The molecule has 11 nitrogen and oxygen atoms in total. The predicted octanol–water partition coefficient (Wildman–Crippen LogP) is -4.24. The monoisotopic (exact) mass is 483 g/mol. The van der Waals surface area contributed by atoms with Crippen molar-refractivity contribution in [3.8, 4) is 0 Å². The third-order valence-corrected chi connectivity index (χ3v) is 7.30. The summed E-state index contributed by atoms with van der Waals surface area (Å²) < 4.78 is -0.783. The molecule has 3 aliphatic rings. The summed E-state index contributed by atoms with van der Waals surface area (Å²) in [6.45, 7) is 3.89. The molecule has 33 heavy (non-hydrogen) atoms. The number of urea groups is 2. The van der Waals surface area contributed by atoms with Crippen molar-refractivity contribution in [2.75, 3.05) is 13.1 Å².